The number of fused-ring (bicyclic) bond motifs is 1. The lowest BCUT2D eigenvalue weighted by Gasteiger charge is -2.21. The van der Waals surface area contributed by atoms with Gasteiger partial charge in [-0.05, 0) is 6.42 Å². The van der Waals surface area contributed by atoms with Crippen molar-refractivity contribution >= 4 is 23.5 Å². The number of ether oxygens (including phenoxy) is 3. The van der Waals surface area contributed by atoms with Crippen LogP contribution >= 0.6 is 11.6 Å². The fraction of sp³-hybridized carbons (Fsp3) is 0.778. The van der Waals surface area contributed by atoms with Crippen LogP contribution in [0.1, 0.15) is 6.42 Å². The Balaban J connectivity index is 1.78. The van der Waals surface area contributed by atoms with Crippen molar-refractivity contribution in [3.05, 3.63) is 0 Å². The Hall–Kier alpha value is -0.810. The molecular weight excluding hydrogens is 224 g/mol. The molecule has 0 aliphatic carbocycles. The molecule has 5 nitrogen and oxygen atoms in total. The lowest BCUT2D eigenvalue weighted by Crippen LogP contribution is -2.40. The summed E-state index contributed by atoms with van der Waals surface area (Å²) in [4.78, 5) is 22.4. The molecule has 0 saturated carbocycles. The van der Waals surface area contributed by atoms with E-state index in [9.17, 15) is 9.59 Å². The van der Waals surface area contributed by atoms with Gasteiger partial charge in [-0.1, -0.05) is 0 Å². The van der Waals surface area contributed by atoms with Gasteiger partial charge < -0.3 is 14.2 Å². The van der Waals surface area contributed by atoms with E-state index in [0.29, 0.717) is 6.42 Å². The van der Waals surface area contributed by atoms with Crippen molar-refractivity contribution < 1.29 is 23.8 Å². The molecule has 3 aliphatic heterocycles. The molecule has 3 aliphatic rings. The summed E-state index contributed by atoms with van der Waals surface area (Å²) >= 11 is 5.34. The third-order valence-corrected chi connectivity index (χ3v) is 3.38. The first-order valence-corrected chi connectivity index (χ1v) is 5.35. The highest BCUT2D eigenvalue weighted by Crippen LogP contribution is 2.47. The van der Waals surface area contributed by atoms with E-state index in [4.69, 9.17) is 25.8 Å². The first kappa shape index (κ1) is 9.42. The van der Waals surface area contributed by atoms with Crippen LogP contribution in [0.3, 0.4) is 0 Å². The third-order valence-electron chi connectivity index (χ3n) is 3.16. The minimum atomic E-state index is -0.502. The third kappa shape index (κ3) is 1.19. The Labute approximate surface area is 90.6 Å². The summed E-state index contributed by atoms with van der Waals surface area (Å²) < 4.78 is 15.7. The Morgan fingerprint density at radius 3 is 3.07 bits per heavy atom. The molecule has 0 N–H and O–H groups in total. The predicted octanol–water partition coefficient (Wildman–Crippen LogP) is -0.150. The van der Waals surface area contributed by atoms with Crippen molar-refractivity contribution in [1.82, 2.24) is 0 Å². The first-order chi connectivity index (χ1) is 7.20. The zero-order valence-corrected chi connectivity index (χ0v) is 8.48. The van der Waals surface area contributed by atoms with Gasteiger partial charge in [0.2, 0.25) is 0 Å². The fourth-order valence-corrected chi connectivity index (χ4v) is 2.63. The summed E-state index contributed by atoms with van der Waals surface area (Å²) in [7, 11) is 0. The molecule has 15 heavy (non-hydrogen) atoms. The number of halogens is 1. The molecular formula is C9H9ClO5. The van der Waals surface area contributed by atoms with Gasteiger partial charge in [0.05, 0.1) is 12.0 Å². The van der Waals surface area contributed by atoms with Crippen molar-refractivity contribution in [3.63, 3.8) is 0 Å². The summed E-state index contributed by atoms with van der Waals surface area (Å²) in [5.74, 6) is -1.10. The van der Waals surface area contributed by atoms with Crippen LogP contribution in [0.5, 0.6) is 0 Å². The Morgan fingerprint density at radius 2 is 2.33 bits per heavy atom. The number of carbonyl (C=O) groups is 2. The number of hydrogen-bond donors (Lipinski definition) is 0. The molecule has 0 spiro atoms. The average Bonchev–Trinajstić information content (AvgIpc) is 2.81. The van der Waals surface area contributed by atoms with Crippen LogP contribution < -0.4 is 0 Å². The van der Waals surface area contributed by atoms with Crippen LogP contribution in [0.15, 0.2) is 0 Å². The molecule has 0 radical (unpaired) electrons. The van der Waals surface area contributed by atoms with Crippen LogP contribution in [-0.4, -0.2) is 42.2 Å². The van der Waals surface area contributed by atoms with E-state index in [-0.39, 0.29) is 30.0 Å². The van der Waals surface area contributed by atoms with Crippen molar-refractivity contribution in [2.75, 3.05) is 5.88 Å². The maximum Gasteiger partial charge on any atom is 0.321 e. The lowest BCUT2D eigenvalue weighted by molar-refractivity contribution is -0.158. The second-order valence-corrected chi connectivity index (χ2v) is 4.24. The maximum atomic E-state index is 11.3. The highest BCUT2D eigenvalue weighted by Gasteiger charge is 2.64. The van der Waals surface area contributed by atoms with E-state index in [0.717, 1.165) is 0 Å². The average molecular weight is 233 g/mol. The second-order valence-electron chi connectivity index (χ2n) is 3.97. The van der Waals surface area contributed by atoms with E-state index in [1.165, 1.54) is 0 Å². The molecule has 0 aromatic carbocycles. The van der Waals surface area contributed by atoms with Crippen LogP contribution in [0.2, 0.25) is 0 Å². The van der Waals surface area contributed by atoms with Crippen molar-refractivity contribution in [3.8, 4) is 0 Å². The second kappa shape index (κ2) is 3.09. The van der Waals surface area contributed by atoms with Gasteiger partial charge >= 0.3 is 11.9 Å². The van der Waals surface area contributed by atoms with Crippen molar-refractivity contribution in [2.24, 2.45) is 5.92 Å². The van der Waals surface area contributed by atoms with Gasteiger partial charge in [-0.15, -0.1) is 11.6 Å². The van der Waals surface area contributed by atoms with E-state index >= 15 is 0 Å². The Morgan fingerprint density at radius 1 is 1.53 bits per heavy atom. The van der Waals surface area contributed by atoms with E-state index in [1.807, 2.05) is 0 Å². The Kier molecular flexibility index (Phi) is 1.94. The summed E-state index contributed by atoms with van der Waals surface area (Å²) in [6, 6.07) is 0. The molecule has 0 aromatic heterocycles. The quantitative estimate of drug-likeness (QED) is 0.490. The van der Waals surface area contributed by atoms with Crippen molar-refractivity contribution in [2.45, 2.75) is 30.8 Å². The van der Waals surface area contributed by atoms with E-state index in [2.05, 4.69) is 0 Å². The van der Waals surface area contributed by atoms with Gasteiger partial charge in [-0.3, -0.25) is 9.59 Å². The zero-order chi connectivity index (χ0) is 10.6. The number of carbonyl (C=O) groups excluding carboxylic acids is 2. The molecule has 3 heterocycles. The number of rotatable bonds is 2. The van der Waals surface area contributed by atoms with Gasteiger partial charge in [0.25, 0.3) is 0 Å². The summed E-state index contributed by atoms with van der Waals surface area (Å²) in [6.07, 6.45) is -0.739. The number of hydrogen-bond acceptors (Lipinski definition) is 5. The SMILES string of the molecule is O=C(CCl)OC1C2CC3C(=O)OC1C3O2. The molecule has 2 bridgehead atoms. The standard InChI is InChI=1S/C9H9ClO5/c10-2-5(11)14-7-4-1-3-6(13-4)8(7)15-9(3)12/h3-4,6-8H,1-2H2. The number of esters is 2. The summed E-state index contributed by atoms with van der Waals surface area (Å²) in [5.41, 5.74) is 0. The monoisotopic (exact) mass is 232 g/mol. The van der Waals surface area contributed by atoms with Crippen LogP contribution in [0.4, 0.5) is 0 Å². The number of alkyl halides is 1. The summed E-state index contributed by atoms with van der Waals surface area (Å²) in [5, 5.41) is 0. The molecule has 5 unspecified atom stereocenters. The molecule has 5 atom stereocenters. The lowest BCUT2D eigenvalue weighted by atomic mass is 9.88. The minimum Gasteiger partial charge on any atom is -0.455 e. The van der Waals surface area contributed by atoms with Gasteiger partial charge in [0, 0.05) is 0 Å². The van der Waals surface area contributed by atoms with Gasteiger partial charge in [0.15, 0.2) is 12.2 Å². The molecule has 6 heteroatoms. The smallest absolute Gasteiger partial charge is 0.321 e. The topological polar surface area (TPSA) is 61.8 Å². The molecule has 3 saturated heterocycles. The van der Waals surface area contributed by atoms with E-state index in [1.54, 1.807) is 0 Å². The molecule has 0 aromatic rings. The van der Waals surface area contributed by atoms with Gasteiger partial charge in [-0.25, -0.2) is 0 Å². The molecule has 0 amide bonds. The van der Waals surface area contributed by atoms with Crippen LogP contribution in [-0.2, 0) is 23.8 Å². The molecule has 3 rings (SSSR count). The Bertz CT molecular complexity index is 330. The minimum absolute atomic E-state index is 0.161. The van der Waals surface area contributed by atoms with Crippen molar-refractivity contribution in [1.29, 1.82) is 0 Å². The largest absolute Gasteiger partial charge is 0.455 e. The fourth-order valence-electron chi connectivity index (χ4n) is 2.57. The van der Waals surface area contributed by atoms with E-state index < -0.39 is 18.2 Å². The van der Waals surface area contributed by atoms with Crippen LogP contribution in [0, 0.1) is 5.92 Å². The zero-order valence-electron chi connectivity index (χ0n) is 7.72. The highest BCUT2D eigenvalue weighted by atomic mass is 35.5. The highest BCUT2D eigenvalue weighted by molar-refractivity contribution is 6.26. The van der Waals surface area contributed by atoms with Crippen LogP contribution in [0.25, 0.3) is 0 Å². The summed E-state index contributed by atoms with van der Waals surface area (Å²) in [6.45, 7) is 0. The predicted molar refractivity (Wildman–Crippen MR) is 47.2 cm³/mol. The first-order valence-electron chi connectivity index (χ1n) is 4.82. The van der Waals surface area contributed by atoms with Gasteiger partial charge in [0.1, 0.15) is 12.0 Å². The molecule has 3 fully saturated rings. The maximum absolute atomic E-state index is 11.3. The normalized spacial score (nSPS) is 45.7. The molecule has 82 valence electrons. The van der Waals surface area contributed by atoms with Gasteiger partial charge in [-0.2, -0.15) is 0 Å².